The fourth-order valence-corrected chi connectivity index (χ4v) is 3.15. The number of nitrogens with zero attached hydrogens (tertiary/aromatic N) is 1. The van der Waals surface area contributed by atoms with Crippen molar-refractivity contribution in [2.75, 3.05) is 13.1 Å². The summed E-state index contributed by atoms with van der Waals surface area (Å²) in [5.41, 5.74) is 5.86. The van der Waals surface area contributed by atoms with Crippen molar-refractivity contribution in [1.82, 2.24) is 10.2 Å². The van der Waals surface area contributed by atoms with Crippen LogP contribution in [0.2, 0.25) is 0 Å². The number of hydrogen-bond acceptors (Lipinski definition) is 3. The number of nitrogens with two attached hydrogens (primary N) is 1. The monoisotopic (exact) mass is 321 g/mol. The lowest BCUT2D eigenvalue weighted by Crippen LogP contribution is -2.56. The van der Waals surface area contributed by atoms with E-state index in [-0.39, 0.29) is 30.7 Å². The van der Waals surface area contributed by atoms with E-state index in [0.29, 0.717) is 13.1 Å². The van der Waals surface area contributed by atoms with E-state index in [1.54, 1.807) is 4.90 Å². The second-order valence-corrected chi connectivity index (χ2v) is 6.28. The van der Waals surface area contributed by atoms with Crippen LogP contribution in [0, 0.1) is 11.8 Å². The zero-order valence-electron chi connectivity index (χ0n) is 12.5. The molecule has 2 aliphatic rings. The predicted octanol–water partition coefficient (Wildman–Crippen LogP) is 1.03. The smallest absolute Gasteiger partial charge is 0.344 e. The van der Waals surface area contributed by atoms with Gasteiger partial charge in [0, 0.05) is 19.1 Å². The molecule has 0 aliphatic carbocycles. The summed E-state index contributed by atoms with van der Waals surface area (Å²) >= 11 is 0. The molecular formula is C14H22F3N3O2. The molecule has 2 heterocycles. The van der Waals surface area contributed by atoms with Gasteiger partial charge in [-0.3, -0.25) is 9.59 Å². The highest BCUT2D eigenvalue weighted by Crippen LogP contribution is 2.30. The quantitative estimate of drug-likeness (QED) is 0.746. The lowest BCUT2D eigenvalue weighted by atomic mass is 9.88. The standard InChI is InChI=1S/C14H22F3N3O2/c1-8(18)9-3-2-6-20(7-9)13(22)10-4-5-11(14(15,16)17)19-12(10)21/h8-11H,2-7,18H2,1H3,(H,19,21). The van der Waals surface area contributed by atoms with Crippen molar-refractivity contribution in [1.29, 1.82) is 0 Å². The molecule has 0 aromatic rings. The Morgan fingerprint density at radius 1 is 1.36 bits per heavy atom. The van der Waals surface area contributed by atoms with Crippen LogP contribution in [0.1, 0.15) is 32.6 Å². The normalized spacial score (nSPS) is 31.6. The van der Waals surface area contributed by atoms with E-state index in [1.807, 2.05) is 12.2 Å². The van der Waals surface area contributed by atoms with Crippen molar-refractivity contribution in [2.45, 2.75) is 50.9 Å². The van der Waals surface area contributed by atoms with Crippen LogP contribution in [0.4, 0.5) is 13.2 Å². The number of piperidine rings is 2. The number of hydrogen-bond donors (Lipinski definition) is 2. The highest BCUT2D eigenvalue weighted by Gasteiger charge is 2.46. The topological polar surface area (TPSA) is 75.4 Å². The third kappa shape index (κ3) is 3.71. The van der Waals surface area contributed by atoms with Gasteiger partial charge in [0.05, 0.1) is 0 Å². The Bertz CT molecular complexity index is 440. The van der Waals surface area contributed by atoms with Gasteiger partial charge in [-0.1, -0.05) is 0 Å². The Morgan fingerprint density at radius 2 is 2.05 bits per heavy atom. The van der Waals surface area contributed by atoms with E-state index < -0.39 is 24.0 Å². The molecule has 4 unspecified atom stereocenters. The molecule has 0 aromatic carbocycles. The summed E-state index contributed by atoms with van der Waals surface area (Å²) in [6.45, 7) is 2.89. The molecule has 2 fully saturated rings. The summed E-state index contributed by atoms with van der Waals surface area (Å²) in [7, 11) is 0. The lowest BCUT2D eigenvalue weighted by molar-refractivity contribution is -0.172. The third-order valence-corrected chi connectivity index (χ3v) is 4.58. The Labute approximate surface area is 127 Å². The Kier molecular flexibility index (Phi) is 4.99. The minimum atomic E-state index is -4.46. The summed E-state index contributed by atoms with van der Waals surface area (Å²) in [6.07, 6.45) is -3.05. The predicted molar refractivity (Wildman–Crippen MR) is 73.7 cm³/mol. The van der Waals surface area contributed by atoms with Crippen LogP contribution < -0.4 is 11.1 Å². The number of rotatable bonds is 2. The van der Waals surface area contributed by atoms with Crippen LogP contribution in [0.5, 0.6) is 0 Å². The van der Waals surface area contributed by atoms with Crippen LogP contribution in [-0.2, 0) is 9.59 Å². The second kappa shape index (κ2) is 6.44. The molecule has 8 heteroatoms. The van der Waals surface area contributed by atoms with Gasteiger partial charge in [0.1, 0.15) is 12.0 Å². The summed E-state index contributed by atoms with van der Waals surface area (Å²) in [5.74, 6) is -2.03. The lowest BCUT2D eigenvalue weighted by Gasteiger charge is -2.38. The molecule has 0 aromatic heterocycles. The maximum Gasteiger partial charge on any atom is 0.408 e. The number of halogens is 3. The van der Waals surface area contributed by atoms with Gasteiger partial charge in [0.25, 0.3) is 0 Å². The number of carbonyl (C=O) groups excluding carboxylic acids is 2. The van der Waals surface area contributed by atoms with E-state index in [4.69, 9.17) is 5.73 Å². The van der Waals surface area contributed by atoms with Gasteiger partial charge < -0.3 is 16.0 Å². The average molecular weight is 321 g/mol. The van der Waals surface area contributed by atoms with Gasteiger partial charge in [-0.05, 0) is 38.5 Å². The number of nitrogens with one attached hydrogen (secondary N) is 1. The first kappa shape index (κ1) is 17.1. The summed E-state index contributed by atoms with van der Waals surface area (Å²) in [5, 5.41) is 1.92. The average Bonchev–Trinajstić information content (AvgIpc) is 2.45. The van der Waals surface area contributed by atoms with Gasteiger partial charge in [0.15, 0.2) is 0 Å². The maximum atomic E-state index is 12.6. The zero-order chi connectivity index (χ0) is 16.5. The number of likely N-dealkylation sites (tertiary alicyclic amines) is 1. The molecule has 0 saturated carbocycles. The van der Waals surface area contributed by atoms with Crippen LogP contribution in [0.25, 0.3) is 0 Å². The summed E-state index contributed by atoms with van der Waals surface area (Å²) < 4.78 is 37.8. The van der Waals surface area contributed by atoms with Crippen molar-refractivity contribution in [2.24, 2.45) is 17.6 Å². The van der Waals surface area contributed by atoms with Gasteiger partial charge in [-0.25, -0.2) is 0 Å². The van der Waals surface area contributed by atoms with Gasteiger partial charge >= 0.3 is 6.18 Å². The molecular weight excluding hydrogens is 299 g/mol. The van der Waals surface area contributed by atoms with Gasteiger partial charge in [0.2, 0.25) is 11.8 Å². The summed E-state index contributed by atoms with van der Waals surface area (Å²) in [4.78, 5) is 25.9. The Hall–Kier alpha value is -1.31. The number of carbonyl (C=O) groups is 2. The molecule has 0 bridgehead atoms. The van der Waals surface area contributed by atoms with E-state index in [0.717, 1.165) is 12.8 Å². The molecule has 4 atom stereocenters. The van der Waals surface area contributed by atoms with E-state index in [2.05, 4.69) is 0 Å². The summed E-state index contributed by atoms with van der Waals surface area (Å²) in [6, 6.07) is -1.90. The first-order valence-corrected chi connectivity index (χ1v) is 7.61. The second-order valence-electron chi connectivity index (χ2n) is 6.28. The number of alkyl halides is 3. The van der Waals surface area contributed by atoms with Crippen molar-refractivity contribution >= 4 is 11.8 Å². The molecule has 3 N–H and O–H groups in total. The molecule has 2 aliphatic heterocycles. The maximum absolute atomic E-state index is 12.6. The Balaban J connectivity index is 1.97. The molecule has 0 spiro atoms. The fourth-order valence-electron chi connectivity index (χ4n) is 3.15. The van der Waals surface area contributed by atoms with Crippen molar-refractivity contribution in [3.8, 4) is 0 Å². The molecule has 2 rings (SSSR count). The fraction of sp³-hybridized carbons (Fsp3) is 0.857. The van der Waals surface area contributed by atoms with Crippen molar-refractivity contribution < 1.29 is 22.8 Å². The van der Waals surface area contributed by atoms with Crippen LogP contribution in [-0.4, -0.2) is 48.1 Å². The third-order valence-electron chi connectivity index (χ3n) is 4.58. The highest BCUT2D eigenvalue weighted by molar-refractivity contribution is 6.00. The van der Waals surface area contributed by atoms with Crippen LogP contribution in [0.3, 0.4) is 0 Å². The van der Waals surface area contributed by atoms with E-state index in [9.17, 15) is 22.8 Å². The zero-order valence-corrected chi connectivity index (χ0v) is 12.5. The van der Waals surface area contributed by atoms with Crippen molar-refractivity contribution in [3.05, 3.63) is 0 Å². The first-order chi connectivity index (χ1) is 10.2. The van der Waals surface area contributed by atoms with Crippen LogP contribution in [0.15, 0.2) is 0 Å². The highest BCUT2D eigenvalue weighted by atomic mass is 19.4. The minimum absolute atomic E-state index is 0.0506. The SMILES string of the molecule is CC(N)C1CCCN(C(=O)C2CCC(C(F)(F)F)NC2=O)C1. The molecule has 2 saturated heterocycles. The largest absolute Gasteiger partial charge is 0.408 e. The Morgan fingerprint density at radius 3 is 2.59 bits per heavy atom. The minimum Gasteiger partial charge on any atom is -0.344 e. The van der Waals surface area contributed by atoms with Crippen LogP contribution >= 0.6 is 0 Å². The molecule has 2 amide bonds. The van der Waals surface area contributed by atoms with E-state index >= 15 is 0 Å². The van der Waals surface area contributed by atoms with Gasteiger partial charge in [-0.2, -0.15) is 13.2 Å². The number of amides is 2. The van der Waals surface area contributed by atoms with Crippen molar-refractivity contribution in [3.63, 3.8) is 0 Å². The molecule has 0 radical (unpaired) electrons. The molecule has 126 valence electrons. The van der Waals surface area contributed by atoms with E-state index in [1.165, 1.54) is 0 Å². The molecule has 22 heavy (non-hydrogen) atoms. The molecule has 5 nitrogen and oxygen atoms in total. The first-order valence-electron chi connectivity index (χ1n) is 7.61. The van der Waals surface area contributed by atoms with Gasteiger partial charge in [-0.15, -0.1) is 0 Å².